The summed E-state index contributed by atoms with van der Waals surface area (Å²) in [6.45, 7) is 6.93. The molecular weight excluding hydrogens is 280 g/mol. The number of carbonyl (C=O) groups is 3. The molecule has 0 radical (unpaired) electrons. The predicted molar refractivity (Wildman–Crippen MR) is 76.0 cm³/mol. The van der Waals surface area contributed by atoms with Crippen LogP contribution in [-0.4, -0.2) is 45.9 Å². The smallest absolute Gasteiger partial charge is 0.306 e. The van der Waals surface area contributed by atoms with Crippen LogP contribution in [-0.2, 0) is 28.6 Å². The van der Waals surface area contributed by atoms with Gasteiger partial charge in [0.1, 0.15) is 12.3 Å². The van der Waals surface area contributed by atoms with E-state index in [9.17, 15) is 14.4 Å². The van der Waals surface area contributed by atoms with Crippen molar-refractivity contribution in [3.8, 4) is 0 Å². The molecule has 116 valence electrons. The van der Waals surface area contributed by atoms with E-state index < -0.39 is 27.3 Å². The Balaban J connectivity index is 4.71. The summed E-state index contributed by atoms with van der Waals surface area (Å²) in [6, 6.07) is 0. The van der Waals surface area contributed by atoms with Gasteiger partial charge in [-0.05, 0) is 0 Å². The van der Waals surface area contributed by atoms with Gasteiger partial charge in [0.05, 0.1) is 9.52 Å². The van der Waals surface area contributed by atoms with Gasteiger partial charge in [0.2, 0.25) is 0 Å². The molecule has 0 saturated carbocycles. The van der Waals surface area contributed by atoms with Crippen molar-refractivity contribution >= 4 is 27.4 Å². The van der Waals surface area contributed by atoms with Crippen molar-refractivity contribution in [2.75, 3.05) is 6.61 Å². The van der Waals surface area contributed by atoms with Crippen LogP contribution in [0.5, 0.6) is 0 Å². The number of hydrogen-bond acceptors (Lipinski definition) is 6. The summed E-state index contributed by atoms with van der Waals surface area (Å²) in [7, 11) is -0.785. The highest BCUT2D eigenvalue weighted by atomic mass is 28.2. The number of ether oxygens (including phenoxy) is 3. The molecule has 0 heterocycles. The quantitative estimate of drug-likeness (QED) is 0.355. The topological polar surface area (TPSA) is 78.9 Å². The molecule has 0 aromatic rings. The van der Waals surface area contributed by atoms with Crippen molar-refractivity contribution < 1.29 is 28.6 Å². The fourth-order valence-corrected chi connectivity index (χ4v) is 2.53. The van der Waals surface area contributed by atoms with Crippen LogP contribution >= 0.6 is 0 Å². The zero-order valence-corrected chi connectivity index (χ0v) is 14.1. The normalized spacial score (nSPS) is 13.8. The first-order chi connectivity index (χ1) is 9.48. The van der Waals surface area contributed by atoms with Gasteiger partial charge in [0, 0.05) is 19.3 Å². The van der Waals surface area contributed by atoms with E-state index in [1.807, 2.05) is 6.55 Å². The van der Waals surface area contributed by atoms with Gasteiger partial charge in [-0.2, -0.15) is 0 Å². The summed E-state index contributed by atoms with van der Waals surface area (Å²) in [5.41, 5.74) is -0.470. The average molecular weight is 304 g/mol. The van der Waals surface area contributed by atoms with Crippen LogP contribution in [0, 0.1) is 0 Å². The lowest BCUT2D eigenvalue weighted by atomic mass is 10.3. The highest BCUT2D eigenvalue weighted by Crippen LogP contribution is 2.08. The molecule has 0 bridgehead atoms. The van der Waals surface area contributed by atoms with Crippen LogP contribution in [0.25, 0.3) is 0 Å². The molecule has 0 N–H and O–H groups in total. The molecule has 0 amide bonds. The molecule has 0 aromatic carbocycles. The maximum Gasteiger partial charge on any atom is 0.306 e. The van der Waals surface area contributed by atoms with E-state index >= 15 is 0 Å². The molecule has 0 fully saturated rings. The minimum atomic E-state index is -0.785. The summed E-state index contributed by atoms with van der Waals surface area (Å²) in [6.07, 6.45) is 0.0220. The van der Waals surface area contributed by atoms with Crippen molar-refractivity contribution in [1.29, 1.82) is 0 Å². The summed E-state index contributed by atoms with van der Waals surface area (Å²) in [4.78, 5) is 34.0. The largest absolute Gasteiger partial charge is 0.463 e. The third kappa shape index (κ3) is 7.27. The van der Waals surface area contributed by atoms with E-state index in [0.717, 1.165) is 0 Å². The molecule has 2 unspecified atom stereocenters. The Kier molecular flexibility index (Phi) is 9.70. The Morgan fingerprint density at radius 2 is 1.40 bits per heavy atom. The highest BCUT2D eigenvalue weighted by Gasteiger charge is 2.28. The zero-order chi connectivity index (χ0) is 15.5. The van der Waals surface area contributed by atoms with Gasteiger partial charge in [-0.25, -0.2) is 0 Å². The molecule has 6 nitrogen and oxygen atoms in total. The SMILES string of the molecule is CCC(=O)OCC(OC(=O)CC)C(OC(=O)CC)[SiH2]C. The molecule has 0 saturated heterocycles. The molecule has 0 aliphatic heterocycles. The first-order valence-electron chi connectivity index (χ1n) is 7.02. The molecule has 0 rings (SSSR count). The summed E-state index contributed by atoms with van der Waals surface area (Å²) in [5.74, 6) is -1.12. The number of rotatable bonds is 9. The van der Waals surface area contributed by atoms with Crippen LogP contribution in [0.15, 0.2) is 0 Å². The van der Waals surface area contributed by atoms with Gasteiger partial charge in [-0.3, -0.25) is 14.4 Å². The minimum absolute atomic E-state index is 0.0685. The van der Waals surface area contributed by atoms with Crippen molar-refractivity contribution in [1.82, 2.24) is 0 Å². The van der Waals surface area contributed by atoms with E-state index in [0.29, 0.717) is 0 Å². The van der Waals surface area contributed by atoms with Crippen LogP contribution in [0.3, 0.4) is 0 Å². The third-order valence-electron chi connectivity index (χ3n) is 2.66. The molecule has 0 aliphatic rings. The van der Waals surface area contributed by atoms with E-state index in [1.54, 1.807) is 20.8 Å². The molecule has 0 aromatic heterocycles. The van der Waals surface area contributed by atoms with Crippen LogP contribution in [0.2, 0.25) is 6.55 Å². The fourth-order valence-electron chi connectivity index (χ4n) is 1.42. The lowest BCUT2D eigenvalue weighted by Gasteiger charge is -2.25. The second-order valence-electron chi connectivity index (χ2n) is 4.21. The highest BCUT2D eigenvalue weighted by molar-refractivity contribution is 6.35. The maximum atomic E-state index is 11.4. The van der Waals surface area contributed by atoms with E-state index in [2.05, 4.69) is 0 Å². The second kappa shape index (κ2) is 10.4. The number of carbonyl (C=O) groups excluding carboxylic acids is 3. The maximum absolute atomic E-state index is 11.4. The van der Waals surface area contributed by atoms with Gasteiger partial charge >= 0.3 is 17.9 Å². The summed E-state index contributed by atoms with van der Waals surface area (Å²) in [5, 5.41) is 0. The van der Waals surface area contributed by atoms with Crippen molar-refractivity contribution in [2.24, 2.45) is 0 Å². The molecule has 20 heavy (non-hydrogen) atoms. The lowest BCUT2D eigenvalue weighted by molar-refractivity contribution is -0.169. The minimum Gasteiger partial charge on any atom is -0.463 e. The first-order valence-corrected chi connectivity index (χ1v) is 9.25. The van der Waals surface area contributed by atoms with Gasteiger partial charge in [-0.15, -0.1) is 0 Å². The Morgan fingerprint density at radius 3 is 1.85 bits per heavy atom. The van der Waals surface area contributed by atoms with Gasteiger partial charge in [-0.1, -0.05) is 27.3 Å². The van der Waals surface area contributed by atoms with Crippen molar-refractivity contribution in [3.05, 3.63) is 0 Å². The number of hydrogen-bond donors (Lipinski definition) is 0. The second-order valence-corrected chi connectivity index (χ2v) is 5.83. The van der Waals surface area contributed by atoms with Gasteiger partial charge in [0.15, 0.2) is 6.10 Å². The van der Waals surface area contributed by atoms with E-state index in [4.69, 9.17) is 14.2 Å². The standard InChI is InChI=1S/C13H24O6Si/c1-5-10(14)17-8-9(18-11(15)6-2)13(20-4)19-12(16)7-3/h9,13H,5-8,20H2,1-4H3. The monoisotopic (exact) mass is 304 g/mol. The molecular formula is C13H24O6Si. The Bertz CT molecular complexity index is 331. The van der Waals surface area contributed by atoms with Crippen LogP contribution in [0.4, 0.5) is 0 Å². The average Bonchev–Trinajstić information content (AvgIpc) is 2.47. The van der Waals surface area contributed by atoms with Crippen molar-refractivity contribution in [2.45, 2.75) is 58.4 Å². The third-order valence-corrected chi connectivity index (χ3v) is 4.15. The summed E-state index contributed by atoms with van der Waals surface area (Å²) < 4.78 is 15.5. The lowest BCUT2D eigenvalue weighted by Crippen LogP contribution is -2.42. The zero-order valence-electron chi connectivity index (χ0n) is 12.6. The number of esters is 3. The summed E-state index contributed by atoms with van der Waals surface area (Å²) >= 11 is 0. The van der Waals surface area contributed by atoms with E-state index in [1.165, 1.54) is 0 Å². The molecule has 0 spiro atoms. The Labute approximate surface area is 122 Å². The molecule has 7 heteroatoms. The van der Waals surface area contributed by atoms with Crippen LogP contribution in [0.1, 0.15) is 40.0 Å². The van der Waals surface area contributed by atoms with Gasteiger partial charge in [0.25, 0.3) is 0 Å². The van der Waals surface area contributed by atoms with E-state index in [-0.39, 0.29) is 37.8 Å². The first kappa shape index (κ1) is 18.6. The van der Waals surface area contributed by atoms with Crippen LogP contribution < -0.4 is 0 Å². The molecule has 2 atom stereocenters. The predicted octanol–water partition coefficient (Wildman–Crippen LogP) is 0.758. The van der Waals surface area contributed by atoms with Gasteiger partial charge < -0.3 is 14.2 Å². The molecule has 0 aliphatic carbocycles. The fraction of sp³-hybridized carbons (Fsp3) is 0.769. The Hall–Kier alpha value is -1.37. The van der Waals surface area contributed by atoms with Crippen molar-refractivity contribution in [3.63, 3.8) is 0 Å². The Morgan fingerprint density at radius 1 is 0.900 bits per heavy atom.